The summed E-state index contributed by atoms with van der Waals surface area (Å²) in [5, 5.41) is 14.3. The second-order valence-electron chi connectivity index (χ2n) is 3.58. The van der Waals surface area contributed by atoms with Crippen LogP contribution in [0.3, 0.4) is 0 Å². The zero-order valence-electron chi connectivity index (χ0n) is 9.29. The molecule has 0 radical (unpaired) electrons. The van der Waals surface area contributed by atoms with Gasteiger partial charge in [-0.25, -0.2) is 4.79 Å². The predicted octanol–water partition coefficient (Wildman–Crippen LogP) is 1.77. The monoisotopic (exact) mass is 220 g/mol. The number of hydrogen-bond acceptors (Lipinski definition) is 2. The van der Waals surface area contributed by atoms with Gasteiger partial charge in [-0.05, 0) is 31.0 Å². The summed E-state index contributed by atoms with van der Waals surface area (Å²) in [5.74, 6) is 0.247. The second-order valence-corrected chi connectivity index (χ2v) is 3.58. The standard InChI is InChI=1S/C12H16N2O2/c1-9(2)14-12(16)13-8-7-10-3-5-11(15)6-4-10/h3-6,15H,1,7-8H2,2H3,(H2,13,14,16). The predicted molar refractivity (Wildman–Crippen MR) is 63.2 cm³/mol. The van der Waals surface area contributed by atoms with Crippen molar-refractivity contribution in [2.45, 2.75) is 13.3 Å². The van der Waals surface area contributed by atoms with Crippen LogP contribution in [-0.4, -0.2) is 17.7 Å². The molecular weight excluding hydrogens is 204 g/mol. The molecule has 0 aliphatic rings. The van der Waals surface area contributed by atoms with E-state index in [-0.39, 0.29) is 11.8 Å². The lowest BCUT2D eigenvalue weighted by molar-refractivity contribution is 0.243. The smallest absolute Gasteiger partial charge is 0.318 e. The number of aromatic hydroxyl groups is 1. The van der Waals surface area contributed by atoms with E-state index in [9.17, 15) is 4.79 Å². The third-order valence-electron chi connectivity index (χ3n) is 1.96. The molecule has 0 saturated heterocycles. The van der Waals surface area contributed by atoms with Gasteiger partial charge in [0.25, 0.3) is 0 Å². The SMILES string of the molecule is C=C(C)NC(=O)NCCc1ccc(O)cc1. The second kappa shape index (κ2) is 5.80. The lowest BCUT2D eigenvalue weighted by Crippen LogP contribution is -2.35. The van der Waals surface area contributed by atoms with Crippen LogP contribution in [-0.2, 0) is 6.42 Å². The van der Waals surface area contributed by atoms with Gasteiger partial charge in [-0.3, -0.25) is 0 Å². The third-order valence-corrected chi connectivity index (χ3v) is 1.96. The Bertz CT molecular complexity index is 371. The Morgan fingerprint density at radius 3 is 2.56 bits per heavy atom. The maximum Gasteiger partial charge on any atom is 0.318 e. The molecule has 0 heterocycles. The highest BCUT2D eigenvalue weighted by molar-refractivity contribution is 5.75. The summed E-state index contributed by atoms with van der Waals surface area (Å²) >= 11 is 0. The topological polar surface area (TPSA) is 61.4 Å². The van der Waals surface area contributed by atoms with Crippen molar-refractivity contribution in [2.24, 2.45) is 0 Å². The van der Waals surface area contributed by atoms with Crippen LogP contribution < -0.4 is 10.6 Å². The highest BCUT2D eigenvalue weighted by atomic mass is 16.3. The van der Waals surface area contributed by atoms with E-state index in [2.05, 4.69) is 17.2 Å². The van der Waals surface area contributed by atoms with Gasteiger partial charge < -0.3 is 15.7 Å². The number of phenols is 1. The van der Waals surface area contributed by atoms with Gasteiger partial charge in [-0.15, -0.1) is 0 Å². The van der Waals surface area contributed by atoms with Crippen molar-refractivity contribution in [1.82, 2.24) is 10.6 Å². The summed E-state index contributed by atoms with van der Waals surface area (Å²) in [5.41, 5.74) is 1.68. The van der Waals surface area contributed by atoms with Crippen LogP contribution in [0.4, 0.5) is 4.79 Å². The van der Waals surface area contributed by atoms with Gasteiger partial charge in [0.05, 0.1) is 0 Å². The third kappa shape index (κ3) is 4.50. The maximum absolute atomic E-state index is 11.2. The molecule has 1 rings (SSSR count). The number of carbonyl (C=O) groups excluding carboxylic acids is 1. The highest BCUT2D eigenvalue weighted by Gasteiger charge is 1.99. The fourth-order valence-electron chi connectivity index (χ4n) is 1.22. The number of amides is 2. The number of nitrogens with one attached hydrogen (secondary N) is 2. The van der Waals surface area contributed by atoms with E-state index in [1.54, 1.807) is 19.1 Å². The molecule has 0 fully saturated rings. The van der Waals surface area contributed by atoms with E-state index in [0.717, 1.165) is 12.0 Å². The number of allylic oxidation sites excluding steroid dienone is 1. The lowest BCUT2D eigenvalue weighted by Gasteiger charge is -2.06. The maximum atomic E-state index is 11.2. The summed E-state index contributed by atoms with van der Waals surface area (Å²) in [7, 11) is 0. The average molecular weight is 220 g/mol. The first kappa shape index (κ1) is 12.1. The van der Waals surface area contributed by atoms with Crippen LogP contribution in [0.25, 0.3) is 0 Å². The summed E-state index contributed by atoms with van der Waals surface area (Å²) in [4.78, 5) is 11.2. The molecule has 86 valence electrons. The number of phenolic OH excluding ortho intramolecular Hbond substituents is 1. The van der Waals surface area contributed by atoms with Crippen molar-refractivity contribution in [3.63, 3.8) is 0 Å². The largest absolute Gasteiger partial charge is 0.508 e. The number of rotatable bonds is 4. The summed E-state index contributed by atoms with van der Waals surface area (Å²) in [6, 6.07) is 6.67. The van der Waals surface area contributed by atoms with Gasteiger partial charge >= 0.3 is 6.03 Å². The first-order valence-electron chi connectivity index (χ1n) is 5.06. The van der Waals surface area contributed by atoms with Crippen LogP contribution in [0.5, 0.6) is 5.75 Å². The molecule has 2 amide bonds. The molecule has 1 aromatic rings. The van der Waals surface area contributed by atoms with Crippen molar-refractivity contribution >= 4 is 6.03 Å². The first-order valence-corrected chi connectivity index (χ1v) is 5.06. The zero-order chi connectivity index (χ0) is 12.0. The number of urea groups is 1. The number of carbonyl (C=O) groups is 1. The fraction of sp³-hybridized carbons (Fsp3) is 0.250. The molecule has 4 heteroatoms. The molecule has 0 aliphatic heterocycles. The Balaban J connectivity index is 2.28. The number of benzene rings is 1. The summed E-state index contributed by atoms with van der Waals surface area (Å²) in [6.07, 6.45) is 0.726. The molecule has 16 heavy (non-hydrogen) atoms. The summed E-state index contributed by atoms with van der Waals surface area (Å²) < 4.78 is 0. The molecule has 3 N–H and O–H groups in total. The van der Waals surface area contributed by atoms with E-state index >= 15 is 0 Å². The van der Waals surface area contributed by atoms with Gasteiger partial charge in [-0.2, -0.15) is 0 Å². The molecule has 0 bridgehead atoms. The van der Waals surface area contributed by atoms with Gasteiger partial charge in [0.15, 0.2) is 0 Å². The normalized spacial score (nSPS) is 9.56. The Kier molecular flexibility index (Phi) is 4.39. The quantitative estimate of drug-likeness (QED) is 0.724. The molecule has 0 aliphatic carbocycles. The van der Waals surface area contributed by atoms with Gasteiger partial charge in [0, 0.05) is 12.2 Å². The highest BCUT2D eigenvalue weighted by Crippen LogP contribution is 2.09. The molecular formula is C12H16N2O2. The van der Waals surface area contributed by atoms with E-state index in [4.69, 9.17) is 5.11 Å². The van der Waals surface area contributed by atoms with Crippen molar-refractivity contribution < 1.29 is 9.90 Å². The minimum absolute atomic E-state index is 0.244. The molecule has 1 aromatic carbocycles. The average Bonchev–Trinajstić information content (AvgIpc) is 2.20. The van der Waals surface area contributed by atoms with E-state index in [0.29, 0.717) is 12.2 Å². The minimum Gasteiger partial charge on any atom is -0.508 e. The summed E-state index contributed by atoms with van der Waals surface area (Å²) in [6.45, 7) is 5.84. The van der Waals surface area contributed by atoms with Gasteiger partial charge in [-0.1, -0.05) is 18.7 Å². The van der Waals surface area contributed by atoms with Gasteiger partial charge in [0.2, 0.25) is 0 Å². The van der Waals surface area contributed by atoms with Crippen molar-refractivity contribution in [1.29, 1.82) is 0 Å². The van der Waals surface area contributed by atoms with Gasteiger partial charge in [0.1, 0.15) is 5.75 Å². The van der Waals surface area contributed by atoms with Crippen LogP contribution in [0, 0.1) is 0 Å². The van der Waals surface area contributed by atoms with E-state index < -0.39 is 0 Å². The Labute approximate surface area is 95.0 Å². The fourth-order valence-corrected chi connectivity index (χ4v) is 1.22. The van der Waals surface area contributed by atoms with Crippen LogP contribution in [0.2, 0.25) is 0 Å². The molecule has 0 spiro atoms. The van der Waals surface area contributed by atoms with Crippen LogP contribution in [0.15, 0.2) is 36.5 Å². The lowest BCUT2D eigenvalue weighted by atomic mass is 10.1. The van der Waals surface area contributed by atoms with Crippen molar-refractivity contribution in [2.75, 3.05) is 6.54 Å². The van der Waals surface area contributed by atoms with E-state index in [1.807, 2.05) is 12.1 Å². The minimum atomic E-state index is -0.244. The van der Waals surface area contributed by atoms with Crippen molar-refractivity contribution in [3.8, 4) is 5.75 Å². The number of hydrogen-bond donors (Lipinski definition) is 3. The van der Waals surface area contributed by atoms with Crippen molar-refractivity contribution in [3.05, 3.63) is 42.1 Å². The molecule has 0 atom stereocenters. The molecule has 4 nitrogen and oxygen atoms in total. The molecule has 0 unspecified atom stereocenters. The first-order chi connectivity index (χ1) is 7.58. The Morgan fingerprint density at radius 2 is 2.00 bits per heavy atom. The molecule has 0 saturated carbocycles. The van der Waals surface area contributed by atoms with Crippen LogP contribution in [0.1, 0.15) is 12.5 Å². The zero-order valence-corrected chi connectivity index (χ0v) is 9.29. The van der Waals surface area contributed by atoms with Crippen LogP contribution >= 0.6 is 0 Å². The Morgan fingerprint density at radius 1 is 1.38 bits per heavy atom. The Hall–Kier alpha value is -1.97. The van der Waals surface area contributed by atoms with E-state index in [1.165, 1.54) is 0 Å². The molecule has 0 aromatic heterocycles.